The first kappa shape index (κ1) is 18.9. The first-order valence-electron chi connectivity index (χ1n) is 7.33. The Kier molecular flexibility index (Phi) is 7.82. The smallest absolute Gasteiger partial charge is 0.227 e. The molecule has 124 valence electrons. The molecule has 1 saturated heterocycles. The molecule has 0 bridgehead atoms. The molecule has 2 rings (SSSR count). The van der Waals surface area contributed by atoms with Gasteiger partial charge in [-0.1, -0.05) is 24.3 Å². The van der Waals surface area contributed by atoms with Gasteiger partial charge in [-0.15, -0.1) is 12.4 Å². The van der Waals surface area contributed by atoms with Gasteiger partial charge in [0.25, 0.3) is 0 Å². The predicted octanol–water partition coefficient (Wildman–Crippen LogP) is 1.63. The summed E-state index contributed by atoms with van der Waals surface area (Å²) in [6, 6.07) is 8.04. The minimum atomic E-state index is -0.464. The summed E-state index contributed by atoms with van der Waals surface area (Å²) < 4.78 is 10.4. The molecule has 3 N–H and O–H groups in total. The number of amides is 1. The first-order valence-corrected chi connectivity index (χ1v) is 7.33. The van der Waals surface area contributed by atoms with E-state index in [4.69, 9.17) is 15.2 Å². The summed E-state index contributed by atoms with van der Waals surface area (Å²) in [6.45, 7) is 2.71. The van der Waals surface area contributed by atoms with Crippen LogP contribution in [-0.4, -0.2) is 32.8 Å². The van der Waals surface area contributed by atoms with Crippen LogP contribution in [0.15, 0.2) is 24.3 Å². The Morgan fingerprint density at radius 1 is 1.27 bits per heavy atom. The van der Waals surface area contributed by atoms with Gasteiger partial charge < -0.3 is 20.5 Å². The highest BCUT2D eigenvalue weighted by atomic mass is 35.5. The standard InChI is InChI=1S/C16H24N2O3.ClH/c1-20-11-14-4-2-13(3-5-14)10-18-15(19)16(12-17)6-8-21-9-7-16;/h2-5H,6-12,17H2,1H3,(H,18,19);1H. The van der Waals surface area contributed by atoms with Gasteiger partial charge in [0.15, 0.2) is 0 Å². The maximum atomic E-state index is 12.4. The quantitative estimate of drug-likeness (QED) is 0.832. The maximum absolute atomic E-state index is 12.4. The van der Waals surface area contributed by atoms with Crippen LogP contribution in [-0.2, 0) is 27.4 Å². The number of hydrogen-bond donors (Lipinski definition) is 2. The fourth-order valence-corrected chi connectivity index (χ4v) is 2.58. The van der Waals surface area contributed by atoms with Gasteiger partial charge in [0.05, 0.1) is 12.0 Å². The summed E-state index contributed by atoms with van der Waals surface area (Å²) in [6.07, 6.45) is 1.39. The van der Waals surface area contributed by atoms with Crippen molar-refractivity contribution < 1.29 is 14.3 Å². The van der Waals surface area contributed by atoms with Crippen LogP contribution in [0.25, 0.3) is 0 Å². The largest absolute Gasteiger partial charge is 0.381 e. The molecule has 1 amide bonds. The van der Waals surface area contributed by atoms with E-state index < -0.39 is 5.41 Å². The molecule has 1 aromatic rings. The van der Waals surface area contributed by atoms with E-state index in [9.17, 15) is 4.79 Å². The molecular formula is C16H25ClN2O3. The molecule has 1 aromatic carbocycles. The lowest BCUT2D eigenvalue weighted by Crippen LogP contribution is -2.48. The van der Waals surface area contributed by atoms with E-state index >= 15 is 0 Å². The van der Waals surface area contributed by atoms with Crippen molar-refractivity contribution in [3.05, 3.63) is 35.4 Å². The molecule has 1 fully saturated rings. The minimum Gasteiger partial charge on any atom is -0.381 e. The number of carbonyl (C=O) groups excluding carboxylic acids is 1. The monoisotopic (exact) mass is 328 g/mol. The molecule has 1 aliphatic rings. The second-order valence-electron chi connectivity index (χ2n) is 5.53. The minimum absolute atomic E-state index is 0. The van der Waals surface area contributed by atoms with Crippen molar-refractivity contribution >= 4 is 18.3 Å². The van der Waals surface area contributed by atoms with Crippen molar-refractivity contribution in [2.75, 3.05) is 26.9 Å². The van der Waals surface area contributed by atoms with Crippen LogP contribution in [0, 0.1) is 5.41 Å². The van der Waals surface area contributed by atoms with E-state index in [-0.39, 0.29) is 18.3 Å². The van der Waals surface area contributed by atoms with Gasteiger partial charge >= 0.3 is 0 Å². The molecule has 6 heteroatoms. The zero-order valence-corrected chi connectivity index (χ0v) is 13.8. The first-order chi connectivity index (χ1) is 10.2. The van der Waals surface area contributed by atoms with Gasteiger partial charge in [0.2, 0.25) is 5.91 Å². The Bertz CT molecular complexity index is 459. The van der Waals surface area contributed by atoms with E-state index in [0.29, 0.717) is 45.8 Å². The number of ether oxygens (including phenoxy) is 2. The summed E-state index contributed by atoms with van der Waals surface area (Å²) in [5, 5.41) is 3.01. The third kappa shape index (κ3) is 4.68. The average molecular weight is 329 g/mol. The van der Waals surface area contributed by atoms with Crippen molar-refractivity contribution in [2.24, 2.45) is 11.1 Å². The Hall–Kier alpha value is -1.14. The molecule has 0 aromatic heterocycles. The SMILES string of the molecule is COCc1ccc(CNC(=O)C2(CN)CCOCC2)cc1.Cl. The normalized spacial score (nSPS) is 16.6. The fourth-order valence-electron chi connectivity index (χ4n) is 2.58. The Balaban J connectivity index is 0.00000242. The van der Waals surface area contributed by atoms with E-state index in [0.717, 1.165) is 11.1 Å². The molecule has 0 aliphatic carbocycles. The molecule has 0 radical (unpaired) electrons. The second-order valence-corrected chi connectivity index (χ2v) is 5.53. The number of benzene rings is 1. The summed E-state index contributed by atoms with van der Waals surface area (Å²) in [5.74, 6) is 0.0364. The van der Waals surface area contributed by atoms with Crippen LogP contribution in [0.4, 0.5) is 0 Å². The Morgan fingerprint density at radius 2 is 1.86 bits per heavy atom. The van der Waals surface area contributed by atoms with E-state index in [2.05, 4.69) is 5.32 Å². The van der Waals surface area contributed by atoms with Crippen molar-refractivity contribution in [2.45, 2.75) is 26.0 Å². The van der Waals surface area contributed by atoms with Gasteiger partial charge in [-0.25, -0.2) is 0 Å². The summed E-state index contributed by atoms with van der Waals surface area (Å²) in [5.41, 5.74) is 7.56. The zero-order valence-electron chi connectivity index (χ0n) is 13.0. The number of hydrogen-bond acceptors (Lipinski definition) is 4. The van der Waals surface area contributed by atoms with Crippen molar-refractivity contribution in [1.82, 2.24) is 5.32 Å². The molecule has 0 unspecified atom stereocenters. The highest BCUT2D eigenvalue weighted by Gasteiger charge is 2.38. The van der Waals surface area contributed by atoms with Gasteiger partial charge in [-0.05, 0) is 24.0 Å². The highest BCUT2D eigenvalue weighted by molar-refractivity contribution is 5.85. The average Bonchev–Trinajstić information content (AvgIpc) is 2.55. The third-order valence-electron chi connectivity index (χ3n) is 4.11. The van der Waals surface area contributed by atoms with Crippen LogP contribution in [0.2, 0.25) is 0 Å². The van der Waals surface area contributed by atoms with Gasteiger partial charge in [0, 0.05) is 33.4 Å². The lowest BCUT2D eigenvalue weighted by molar-refractivity contribution is -0.136. The van der Waals surface area contributed by atoms with Crippen LogP contribution in [0.5, 0.6) is 0 Å². The van der Waals surface area contributed by atoms with Gasteiger partial charge in [-0.2, -0.15) is 0 Å². The van der Waals surface area contributed by atoms with Gasteiger partial charge in [-0.3, -0.25) is 4.79 Å². The topological polar surface area (TPSA) is 73.6 Å². The Labute approximate surface area is 138 Å². The second kappa shape index (κ2) is 9.10. The van der Waals surface area contributed by atoms with Gasteiger partial charge in [0.1, 0.15) is 0 Å². The summed E-state index contributed by atoms with van der Waals surface area (Å²) in [7, 11) is 1.67. The molecule has 1 heterocycles. The fraction of sp³-hybridized carbons (Fsp3) is 0.562. The van der Waals surface area contributed by atoms with Crippen molar-refractivity contribution in [1.29, 1.82) is 0 Å². The number of rotatable bonds is 6. The lowest BCUT2D eigenvalue weighted by atomic mass is 9.79. The highest BCUT2D eigenvalue weighted by Crippen LogP contribution is 2.29. The maximum Gasteiger partial charge on any atom is 0.227 e. The third-order valence-corrected chi connectivity index (χ3v) is 4.11. The molecule has 1 aliphatic heterocycles. The van der Waals surface area contributed by atoms with Crippen molar-refractivity contribution in [3.63, 3.8) is 0 Å². The Morgan fingerprint density at radius 3 is 2.41 bits per heavy atom. The number of carbonyl (C=O) groups is 1. The molecule has 5 nitrogen and oxygen atoms in total. The molecule has 0 atom stereocenters. The molecule has 22 heavy (non-hydrogen) atoms. The van der Waals surface area contributed by atoms with E-state index in [1.807, 2.05) is 24.3 Å². The zero-order chi connectivity index (χ0) is 15.1. The predicted molar refractivity (Wildman–Crippen MR) is 87.8 cm³/mol. The lowest BCUT2D eigenvalue weighted by Gasteiger charge is -2.34. The summed E-state index contributed by atoms with van der Waals surface area (Å²) >= 11 is 0. The van der Waals surface area contributed by atoms with Crippen LogP contribution in [0.3, 0.4) is 0 Å². The number of nitrogens with two attached hydrogens (primary N) is 1. The molecule has 0 spiro atoms. The van der Waals surface area contributed by atoms with E-state index in [1.165, 1.54) is 0 Å². The van der Waals surface area contributed by atoms with Crippen LogP contribution >= 0.6 is 12.4 Å². The molecule has 0 saturated carbocycles. The summed E-state index contributed by atoms with van der Waals surface area (Å²) in [4.78, 5) is 12.4. The van der Waals surface area contributed by atoms with Crippen molar-refractivity contribution in [3.8, 4) is 0 Å². The van der Waals surface area contributed by atoms with Crippen LogP contribution < -0.4 is 11.1 Å². The number of halogens is 1. The number of methoxy groups -OCH3 is 1. The van der Waals surface area contributed by atoms with Crippen LogP contribution in [0.1, 0.15) is 24.0 Å². The molecular weight excluding hydrogens is 304 g/mol. The van der Waals surface area contributed by atoms with E-state index in [1.54, 1.807) is 7.11 Å². The number of nitrogens with one attached hydrogen (secondary N) is 1.